The van der Waals surface area contributed by atoms with Gasteiger partial charge in [0, 0.05) is 26.8 Å². The third kappa shape index (κ3) is 6.54. The first-order chi connectivity index (χ1) is 11.7. The van der Waals surface area contributed by atoms with E-state index in [0.717, 1.165) is 9.13 Å². The summed E-state index contributed by atoms with van der Waals surface area (Å²) in [6.07, 6.45) is -1.89. The molecule has 0 saturated heterocycles. The van der Waals surface area contributed by atoms with Crippen molar-refractivity contribution in [3.05, 3.63) is 21.8 Å². The Morgan fingerprint density at radius 2 is 1.56 bits per heavy atom. The summed E-state index contributed by atoms with van der Waals surface area (Å²) >= 11 is 6.18. The van der Waals surface area contributed by atoms with Crippen molar-refractivity contribution in [2.45, 2.75) is 18.8 Å². The molecule has 0 fully saturated rings. The standard InChI is InChI=1S/C14H20I3N3O5/c15-10-8(3-19-1-6(23)4-21)11(16)13(18)12(17)9(10)14(25)20-2-7(24)5-22/h6-7,19,21-24H,1-5,18H2,(H,20,25). The van der Waals surface area contributed by atoms with Gasteiger partial charge in [0.2, 0.25) is 0 Å². The second kappa shape index (κ2) is 11.4. The molecule has 142 valence electrons. The van der Waals surface area contributed by atoms with Gasteiger partial charge in [-0.15, -0.1) is 0 Å². The van der Waals surface area contributed by atoms with Gasteiger partial charge in [-0.1, -0.05) is 0 Å². The number of benzene rings is 1. The number of amides is 1. The summed E-state index contributed by atoms with van der Waals surface area (Å²) in [4.78, 5) is 12.5. The maximum Gasteiger partial charge on any atom is 0.253 e. The summed E-state index contributed by atoms with van der Waals surface area (Å²) in [5.74, 6) is -0.388. The molecule has 0 aliphatic heterocycles. The van der Waals surface area contributed by atoms with E-state index in [1.54, 1.807) is 0 Å². The van der Waals surface area contributed by atoms with Crippen LogP contribution in [0.4, 0.5) is 5.69 Å². The zero-order valence-corrected chi connectivity index (χ0v) is 19.6. The number of carbonyl (C=O) groups is 1. The lowest BCUT2D eigenvalue weighted by Gasteiger charge is -2.18. The summed E-state index contributed by atoms with van der Waals surface area (Å²) in [6, 6.07) is 0. The Morgan fingerprint density at radius 3 is 2.12 bits per heavy atom. The predicted octanol–water partition coefficient (Wildman–Crippen LogP) is -0.392. The third-order valence-corrected chi connectivity index (χ3v) is 6.81. The first kappa shape index (κ1) is 23.5. The number of hydrogen-bond donors (Lipinski definition) is 7. The topological polar surface area (TPSA) is 148 Å². The van der Waals surface area contributed by atoms with Crippen molar-refractivity contribution >= 4 is 79.4 Å². The van der Waals surface area contributed by atoms with Crippen molar-refractivity contribution in [3.8, 4) is 0 Å². The van der Waals surface area contributed by atoms with E-state index in [0.29, 0.717) is 24.9 Å². The highest BCUT2D eigenvalue weighted by Gasteiger charge is 2.23. The monoisotopic (exact) mass is 691 g/mol. The molecule has 2 atom stereocenters. The van der Waals surface area contributed by atoms with E-state index < -0.39 is 18.8 Å². The van der Waals surface area contributed by atoms with Crippen LogP contribution in [0.5, 0.6) is 0 Å². The first-order valence-electron chi connectivity index (χ1n) is 7.26. The fourth-order valence-electron chi connectivity index (χ4n) is 1.88. The molecule has 0 radical (unpaired) electrons. The molecule has 1 rings (SSSR count). The number of halogens is 3. The average molecular weight is 691 g/mol. The van der Waals surface area contributed by atoms with Crippen LogP contribution in [0.2, 0.25) is 0 Å². The smallest absolute Gasteiger partial charge is 0.253 e. The summed E-state index contributed by atoms with van der Waals surface area (Å²) in [7, 11) is 0. The predicted molar refractivity (Wildman–Crippen MR) is 119 cm³/mol. The first-order valence-corrected chi connectivity index (χ1v) is 10.5. The molecule has 0 bridgehead atoms. The Kier molecular flexibility index (Phi) is 10.7. The third-order valence-electron chi connectivity index (χ3n) is 3.27. The molecule has 2 unspecified atom stereocenters. The summed E-state index contributed by atoms with van der Waals surface area (Å²) in [5, 5.41) is 42.1. The van der Waals surface area contributed by atoms with E-state index in [1.807, 2.05) is 22.6 Å². The maximum atomic E-state index is 12.5. The molecule has 0 spiro atoms. The molecule has 1 amide bonds. The highest BCUT2D eigenvalue weighted by Crippen LogP contribution is 2.33. The van der Waals surface area contributed by atoms with Gasteiger partial charge in [-0.2, -0.15) is 0 Å². The number of aliphatic hydroxyl groups excluding tert-OH is 4. The molecule has 0 aliphatic rings. The van der Waals surface area contributed by atoms with Crippen molar-refractivity contribution in [3.63, 3.8) is 0 Å². The molecule has 8 nitrogen and oxygen atoms in total. The number of aliphatic hydroxyl groups is 4. The molecular weight excluding hydrogens is 671 g/mol. The number of rotatable bonds is 9. The molecule has 1 aromatic carbocycles. The molecule has 8 N–H and O–H groups in total. The molecule has 0 aliphatic carbocycles. The average Bonchev–Trinajstić information content (AvgIpc) is 2.60. The highest BCUT2D eigenvalue weighted by molar-refractivity contribution is 14.1. The van der Waals surface area contributed by atoms with E-state index in [2.05, 4.69) is 55.8 Å². The van der Waals surface area contributed by atoms with Crippen molar-refractivity contribution in [1.82, 2.24) is 10.6 Å². The molecule has 0 saturated carbocycles. The van der Waals surface area contributed by atoms with Crippen LogP contribution in [0.15, 0.2) is 0 Å². The second-order valence-electron chi connectivity index (χ2n) is 5.22. The molecular formula is C14H20I3N3O5. The lowest BCUT2D eigenvalue weighted by Crippen LogP contribution is -2.35. The van der Waals surface area contributed by atoms with Crippen LogP contribution in [0.25, 0.3) is 0 Å². The molecule has 0 heterocycles. The fourth-order valence-corrected chi connectivity index (χ4v) is 5.92. The van der Waals surface area contributed by atoms with Crippen molar-refractivity contribution in [1.29, 1.82) is 0 Å². The number of anilines is 1. The zero-order chi connectivity index (χ0) is 19.1. The van der Waals surface area contributed by atoms with E-state index in [4.69, 9.17) is 15.9 Å². The highest BCUT2D eigenvalue weighted by atomic mass is 127. The van der Waals surface area contributed by atoms with Crippen LogP contribution < -0.4 is 16.4 Å². The van der Waals surface area contributed by atoms with Crippen molar-refractivity contribution < 1.29 is 25.2 Å². The van der Waals surface area contributed by atoms with Gasteiger partial charge < -0.3 is 36.8 Å². The van der Waals surface area contributed by atoms with Gasteiger partial charge in [0.05, 0.1) is 40.2 Å². The normalized spacial score (nSPS) is 13.6. The van der Waals surface area contributed by atoms with Gasteiger partial charge in [-0.3, -0.25) is 4.79 Å². The van der Waals surface area contributed by atoms with Crippen molar-refractivity contribution in [2.24, 2.45) is 0 Å². The second-order valence-corrected chi connectivity index (χ2v) is 8.46. The van der Waals surface area contributed by atoms with E-state index in [9.17, 15) is 15.0 Å². The molecule has 1 aromatic rings. The summed E-state index contributed by atoms with van der Waals surface area (Å²) in [6.45, 7) is -0.265. The minimum absolute atomic E-state index is 0.0658. The number of carbonyl (C=O) groups excluding carboxylic acids is 1. The Bertz CT molecular complexity index is 618. The van der Waals surface area contributed by atoms with Crippen LogP contribution in [-0.2, 0) is 6.54 Å². The number of hydrogen-bond acceptors (Lipinski definition) is 7. The van der Waals surface area contributed by atoms with E-state index >= 15 is 0 Å². The fraction of sp³-hybridized carbons (Fsp3) is 0.500. The zero-order valence-electron chi connectivity index (χ0n) is 13.1. The quantitative estimate of drug-likeness (QED) is 0.138. The van der Waals surface area contributed by atoms with Crippen LogP contribution in [0.3, 0.4) is 0 Å². The van der Waals surface area contributed by atoms with Gasteiger partial charge in [0.15, 0.2) is 0 Å². The van der Waals surface area contributed by atoms with Crippen LogP contribution in [-0.4, -0.2) is 64.8 Å². The SMILES string of the molecule is Nc1c(I)c(CNCC(O)CO)c(I)c(C(=O)NCC(O)CO)c1I. The minimum atomic E-state index is -1.03. The maximum absolute atomic E-state index is 12.5. The summed E-state index contributed by atoms with van der Waals surface area (Å²) in [5.41, 5.74) is 7.83. The molecule has 25 heavy (non-hydrogen) atoms. The number of nitrogens with two attached hydrogens (primary N) is 1. The summed E-state index contributed by atoms with van der Waals surface area (Å²) < 4.78 is 2.13. The van der Waals surface area contributed by atoms with Gasteiger partial charge in [0.25, 0.3) is 5.91 Å². The largest absolute Gasteiger partial charge is 0.397 e. The van der Waals surface area contributed by atoms with Gasteiger partial charge in [-0.25, -0.2) is 0 Å². The molecule has 0 aromatic heterocycles. The lowest BCUT2D eigenvalue weighted by molar-refractivity contribution is 0.0800. The number of nitrogens with one attached hydrogen (secondary N) is 2. The Labute approximate surface area is 186 Å². The Balaban J connectivity index is 3.07. The van der Waals surface area contributed by atoms with Crippen LogP contribution in [0, 0.1) is 10.7 Å². The van der Waals surface area contributed by atoms with Gasteiger partial charge in [-0.05, 0) is 73.3 Å². The van der Waals surface area contributed by atoms with Crippen molar-refractivity contribution in [2.75, 3.05) is 32.0 Å². The Hall–Kier alpha value is 0.480. The van der Waals surface area contributed by atoms with E-state index in [-0.39, 0.29) is 25.6 Å². The van der Waals surface area contributed by atoms with Gasteiger partial charge in [0.1, 0.15) is 0 Å². The van der Waals surface area contributed by atoms with E-state index in [1.165, 1.54) is 0 Å². The van der Waals surface area contributed by atoms with Gasteiger partial charge >= 0.3 is 0 Å². The molecule has 11 heteroatoms. The number of nitrogen functional groups attached to an aromatic ring is 1. The van der Waals surface area contributed by atoms with Crippen LogP contribution in [0.1, 0.15) is 15.9 Å². The lowest BCUT2D eigenvalue weighted by atomic mass is 10.1. The Morgan fingerprint density at radius 1 is 1.00 bits per heavy atom. The van der Waals surface area contributed by atoms with Crippen LogP contribution >= 0.6 is 67.8 Å². The minimum Gasteiger partial charge on any atom is -0.397 e.